The van der Waals surface area contributed by atoms with E-state index >= 15 is 0 Å². The normalized spacial score (nSPS) is 10.5. The molecule has 0 amide bonds. The summed E-state index contributed by atoms with van der Waals surface area (Å²) in [5.74, 6) is 0. The van der Waals surface area contributed by atoms with Crippen molar-refractivity contribution < 1.29 is 0 Å². The van der Waals surface area contributed by atoms with Gasteiger partial charge >= 0.3 is 0 Å². The van der Waals surface area contributed by atoms with Gasteiger partial charge in [0.1, 0.15) is 0 Å². The van der Waals surface area contributed by atoms with Crippen LogP contribution >= 0.6 is 0 Å². The molecule has 1 aromatic rings. The molecule has 1 aromatic carbocycles. The van der Waals surface area contributed by atoms with Gasteiger partial charge in [0.2, 0.25) is 0 Å². The summed E-state index contributed by atoms with van der Waals surface area (Å²) in [4.78, 5) is 0. The Labute approximate surface area is 79.6 Å². The number of benzene rings is 1. The van der Waals surface area contributed by atoms with Gasteiger partial charge in [0.25, 0.3) is 0 Å². The topological polar surface area (TPSA) is 26.0 Å². The molecule has 68 valence electrons. The van der Waals surface area contributed by atoms with Crippen molar-refractivity contribution in [2.24, 2.45) is 5.73 Å². The van der Waals surface area contributed by atoms with Crippen LogP contribution in [0.3, 0.4) is 0 Å². The van der Waals surface area contributed by atoms with E-state index in [4.69, 9.17) is 5.73 Å². The maximum atomic E-state index is 5.39. The predicted molar refractivity (Wildman–Crippen MR) is 59.2 cm³/mol. The molecule has 0 saturated carbocycles. The first-order valence-corrected chi connectivity index (χ1v) is 4.46. The molecule has 0 saturated heterocycles. The maximum Gasteiger partial charge on any atom is -0.00425 e. The number of rotatable bonds is 4. The maximum absolute atomic E-state index is 5.39. The molecule has 0 aliphatic rings. The van der Waals surface area contributed by atoms with E-state index in [9.17, 15) is 0 Å². The zero-order valence-corrected chi connectivity index (χ0v) is 7.74. The average molecular weight is 173 g/mol. The van der Waals surface area contributed by atoms with Crippen molar-refractivity contribution in [3.05, 3.63) is 48.0 Å². The van der Waals surface area contributed by atoms with Crippen molar-refractivity contribution in [1.82, 2.24) is 0 Å². The van der Waals surface area contributed by atoms with Gasteiger partial charge in [-0.05, 0) is 24.1 Å². The highest BCUT2D eigenvalue weighted by molar-refractivity contribution is 5.64. The Hall–Kier alpha value is -1.34. The van der Waals surface area contributed by atoms with E-state index in [0.717, 1.165) is 12.0 Å². The monoisotopic (exact) mass is 173 g/mol. The predicted octanol–water partition coefficient (Wildman–Crippen LogP) is 2.69. The van der Waals surface area contributed by atoms with Crippen LogP contribution in [0.4, 0.5) is 0 Å². The highest BCUT2D eigenvalue weighted by Gasteiger charge is 1.91. The quantitative estimate of drug-likeness (QED) is 0.744. The Balaban J connectivity index is 2.80. The lowest BCUT2D eigenvalue weighted by Gasteiger charge is -1.98. The highest BCUT2D eigenvalue weighted by Crippen LogP contribution is 2.11. The van der Waals surface area contributed by atoms with E-state index in [1.54, 1.807) is 0 Å². The smallest absolute Gasteiger partial charge is 0.00425 e. The van der Waals surface area contributed by atoms with Gasteiger partial charge in [-0.25, -0.2) is 0 Å². The fourth-order valence-electron chi connectivity index (χ4n) is 1.16. The molecule has 2 N–H and O–H groups in total. The molecule has 0 fully saturated rings. The van der Waals surface area contributed by atoms with Crippen molar-refractivity contribution in [2.75, 3.05) is 6.54 Å². The Kier molecular flexibility index (Phi) is 4.00. The summed E-state index contributed by atoms with van der Waals surface area (Å²) in [5.41, 5.74) is 7.75. The molecule has 1 rings (SSSR count). The molecule has 0 atom stereocenters. The van der Waals surface area contributed by atoms with E-state index in [0.29, 0.717) is 6.54 Å². The molecule has 0 aliphatic heterocycles. The lowest BCUT2D eigenvalue weighted by atomic mass is 10.1. The molecule has 1 heteroatoms. The van der Waals surface area contributed by atoms with Gasteiger partial charge in [-0.3, -0.25) is 0 Å². The molecular formula is C12H15N. The molecule has 0 aliphatic carbocycles. The summed E-state index contributed by atoms with van der Waals surface area (Å²) < 4.78 is 0. The first kappa shape index (κ1) is 9.75. The Bertz CT molecular complexity index is 300. The molecule has 13 heavy (non-hydrogen) atoms. The SMILES string of the molecule is C=Cc1ccccc1C=CCCN. The van der Waals surface area contributed by atoms with Crippen LogP contribution < -0.4 is 5.73 Å². The molecule has 0 heterocycles. The van der Waals surface area contributed by atoms with Gasteiger partial charge in [0.15, 0.2) is 0 Å². The van der Waals surface area contributed by atoms with Crippen molar-refractivity contribution in [3.63, 3.8) is 0 Å². The molecule has 0 unspecified atom stereocenters. The van der Waals surface area contributed by atoms with Crippen molar-refractivity contribution in [1.29, 1.82) is 0 Å². The van der Waals surface area contributed by atoms with Crippen LogP contribution in [-0.4, -0.2) is 6.54 Å². The first-order valence-electron chi connectivity index (χ1n) is 4.46. The number of nitrogens with two attached hydrogens (primary N) is 1. The van der Waals surface area contributed by atoms with Crippen LogP contribution in [0.5, 0.6) is 0 Å². The van der Waals surface area contributed by atoms with Crippen LogP contribution in [0.2, 0.25) is 0 Å². The molecule has 1 nitrogen and oxygen atoms in total. The molecule has 0 radical (unpaired) electrons. The first-order chi connectivity index (χ1) is 6.38. The summed E-state index contributed by atoms with van der Waals surface area (Å²) in [5, 5.41) is 0. The van der Waals surface area contributed by atoms with E-state index in [2.05, 4.69) is 30.9 Å². The summed E-state index contributed by atoms with van der Waals surface area (Å²) in [6.07, 6.45) is 6.96. The van der Waals surface area contributed by atoms with Crippen LogP contribution in [0.1, 0.15) is 17.5 Å². The van der Waals surface area contributed by atoms with Crippen LogP contribution in [0, 0.1) is 0 Å². The Morgan fingerprint density at radius 2 is 1.92 bits per heavy atom. The third kappa shape index (κ3) is 2.88. The molecule has 0 aromatic heterocycles. The van der Waals surface area contributed by atoms with Gasteiger partial charge in [-0.2, -0.15) is 0 Å². The van der Waals surface area contributed by atoms with Gasteiger partial charge in [0, 0.05) is 0 Å². The zero-order chi connectivity index (χ0) is 9.52. The fourth-order valence-corrected chi connectivity index (χ4v) is 1.16. The van der Waals surface area contributed by atoms with Gasteiger partial charge in [-0.15, -0.1) is 0 Å². The summed E-state index contributed by atoms with van der Waals surface area (Å²) in [6.45, 7) is 4.46. The van der Waals surface area contributed by atoms with Crippen LogP contribution in [0.15, 0.2) is 36.9 Å². The lowest BCUT2D eigenvalue weighted by Crippen LogP contribution is -1.95. The van der Waals surface area contributed by atoms with Gasteiger partial charge in [-0.1, -0.05) is 49.1 Å². The summed E-state index contributed by atoms with van der Waals surface area (Å²) in [7, 11) is 0. The zero-order valence-electron chi connectivity index (χ0n) is 7.74. The van der Waals surface area contributed by atoms with Crippen molar-refractivity contribution in [3.8, 4) is 0 Å². The minimum atomic E-state index is 0.701. The van der Waals surface area contributed by atoms with E-state index < -0.39 is 0 Å². The van der Waals surface area contributed by atoms with E-state index in [1.807, 2.05) is 18.2 Å². The third-order valence-electron chi connectivity index (χ3n) is 1.85. The lowest BCUT2D eigenvalue weighted by molar-refractivity contribution is 1.01. The second kappa shape index (κ2) is 5.33. The molecule has 0 spiro atoms. The fraction of sp³-hybridized carbons (Fsp3) is 0.167. The number of hydrogen-bond donors (Lipinski definition) is 1. The van der Waals surface area contributed by atoms with Gasteiger partial charge < -0.3 is 5.73 Å². The molecule has 0 bridgehead atoms. The van der Waals surface area contributed by atoms with Crippen LogP contribution in [0.25, 0.3) is 12.2 Å². The second-order valence-corrected chi connectivity index (χ2v) is 2.81. The minimum absolute atomic E-state index is 0.701. The second-order valence-electron chi connectivity index (χ2n) is 2.81. The van der Waals surface area contributed by atoms with Gasteiger partial charge in [0.05, 0.1) is 0 Å². The summed E-state index contributed by atoms with van der Waals surface area (Å²) >= 11 is 0. The summed E-state index contributed by atoms with van der Waals surface area (Å²) in [6, 6.07) is 8.16. The highest BCUT2D eigenvalue weighted by atomic mass is 14.5. The standard InChI is InChI=1S/C12H15N/c1-2-11-7-3-4-8-12(11)9-5-6-10-13/h2-5,7-9H,1,6,10,13H2. The largest absolute Gasteiger partial charge is 0.330 e. The van der Waals surface area contributed by atoms with E-state index in [-0.39, 0.29) is 0 Å². The van der Waals surface area contributed by atoms with Crippen LogP contribution in [-0.2, 0) is 0 Å². The molecular weight excluding hydrogens is 158 g/mol. The van der Waals surface area contributed by atoms with E-state index in [1.165, 1.54) is 5.56 Å². The third-order valence-corrected chi connectivity index (χ3v) is 1.85. The average Bonchev–Trinajstić information content (AvgIpc) is 2.19. The Morgan fingerprint density at radius 1 is 1.23 bits per heavy atom. The van der Waals surface area contributed by atoms with Crippen molar-refractivity contribution in [2.45, 2.75) is 6.42 Å². The Morgan fingerprint density at radius 3 is 2.54 bits per heavy atom. The number of hydrogen-bond acceptors (Lipinski definition) is 1. The minimum Gasteiger partial charge on any atom is -0.330 e. The van der Waals surface area contributed by atoms with Crippen molar-refractivity contribution >= 4 is 12.2 Å².